The van der Waals surface area contributed by atoms with Crippen molar-refractivity contribution in [1.82, 2.24) is 0 Å². The Morgan fingerprint density at radius 1 is 1.00 bits per heavy atom. The molecule has 2 aromatic rings. The van der Waals surface area contributed by atoms with Crippen LogP contribution in [0.15, 0.2) is 53.7 Å². The van der Waals surface area contributed by atoms with Crippen molar-refractivity contribution in [1.29, 1.82) is 0 Å². The zero-order valence-electron chi connectivity index (χ0n) is 10.5. The molecule has 2 aromatic carbocycles. The molecule has 0 aliphatic carbocycles. The van der Waals surface area contributed by atoms with Gasteiger partial charge in [0.15, 0.2) is 5.84 Å². The average molecular weight is 253 g/mol. The number of benzene rings is 2. The lowest BCUT2D eigenvalue weighted by atomic mass is 10.1. The molecule has 4 heteroatoms. The van der Waals surface area contributed by atoms with Crippen LogP contribution in [-0.2, 0) is 13.1 Å². The first-order chi connectivity index (χ1) is 9.28. The number of anilines is 1. The van der Waals surface area contributed by atoms with E-state index in [1.54, 1.807) is 0 Å². The molecule has 0 bridgehead atoms. The fourth-order valence-corrected chi connectivity index (χ4v) is 2.42. The Balaban J connectivity index is 1.82. The molecule has 4 nitrogen and oxygen atoms in total. The van der Waals surface area contributed by atoms with Gasteiger partial charge in [0, 0.05) is 24.3 Å². The van der Waals surface area contributed by atoms with Gasteiger partial charge in [-0.3, -0.25) is 0 Å². The van der Waals surface area contributed by atoms with Crippen LogP contribution in [0.25, 0.3) is 0 Å². The molecule has 96 valence electrons. The van der Waals surface area contributed by atoms with Gasteiger partial charge in [-0.1, -0.05) is 29.4 Å². The van der Waals surface area contributed by atoms with Crippen molar-refractivity contribution < 1.29 is 5.21 Å². The first kappa shape index (κ1) is 11.6. The highest BCUT2D eigenvalue weighted by molar-refractivity contribution is 5.97. The highest BCUT2D eigenvalue weighted by Gasteiger charge is 2.18. The zero-order valence-corrected chi connectivity index (χ0v) is 10.5. The smallest absolute Gasteiger partial charge is 0.170 e. The number of nitrogens with zero attached hydrogens (tertiary/aromatic N) is 2. The van der Waals surface area contributed by atoms with Crippen LogP contribution in [0.1, 0.15) is 16.7 Å². The Bertz CT molecular complexity index is 595. The first-order valence-corrected chi connectivity index (χ1v) is 6.17. The van der Waals surface area contributed by atoms with Gasteiger partial charge in [0.2, 0.25) is 0 Å². The van der Waals surface area contributed by atoms with Crippen LogP contribution in [0.4, 0.5) is 5.69 Å². The lowest BCUT2D eigenvalue weighted by molar-refractivity contribution is 0.318. The zero-order chi connectivity index (χ0) is 13.2. The minimum Gasteiger partial charge on any atom is -0.409 e. The molecule has 0 saturated heterocycles. The molecule has 3 rings (SSSR count). The standard InChI is InChI=1S/C15H15N3O/c16-15(17-19)11-5-7-14(8-6-11)18-9-12-3-1-2-4-13(12)10-18/h1-8,19H,9-10H2,(H2,16,17). The molecule has 1 aliphatic rings. The predicted molar refractivity (Wildman–Crippen MR) is 75.3 cm³/mol. The van der Waals surface area contributed by atoms with Crippen LogP contribution in [0.5, 0.6) is 0 Å². The number of amidine groups is 1. The number of rotatable bonds is 2. The third kappa shape index (κ3) is 2.12. The molecular weight excluding hydrogens is 238 g/mol. The average Bonchev–Trinajstić information content (AvgIpc) is 2.90. The molecule has 0 radical (unpaired) electrons. The molecule has 0 amide bonds. The minimum atomic E-state index is 0.135. The lowest BCUT2D eigenvalue weighted by Gasteiger charge is -2.17. The Hall–Kier alpha value is -2.49. The maximum atomic E-state index is 8.64. The van der Waals surface area contributed by atoms with Gasteiger partial charge >= 0.3 is 0 Å². The van der Waals surface area contributed by atoms with E-state index < -0.39 is 0 Å². The quantitative estimate of drug-likeness (QED) is 0.373. The van der Waals surface area contributed by atoms with Crippen molar-refractivity contribution in [3.63, 3.8) is 0 Å². The SMILES string of the molecule is NC(=NO)c1ccc(N2Cc3ccccc3C2)cc1. The first-order valence-electron chi connectivity index (χ1n) is 6.17. The molecule has 1 heterocycles. The molecule has 1 aliphatic heterocycles. The lowest BCUT2D eigenvalue weighted by Crippen LogP contribution is -2.16. The van der Waals surface area contributed by atoms with E-state index in [1.807, 2.05) is 24.3 Å². The van der Waals surface area contributed by atoms with E-state index in [1.165, 1.54) is 11.1 Å². The summed E-state index contributed by atoms with van der Waals surface area (Å²) in [5.74, 6) is 0.135. The predicted octanol–water partition coefficient (Wildman–Crippen LogP) is 2.30. The van der Waals surface area contributed by atoms with Gasteiger partial charge in [-0.2, -0.15) is 0 Å². The van der Waals surface area contributed by atoms with Gasteiger partial charge in [-0.15, -0.1) is 0 Å². The van der Waals surface area contributed by atoms with Crippen molar-refractivity contribution in [2.45, 2.75) is 13.1 Å². The topological polar surface area (TPSA) is 61.9 Å². The molecule has 0 saturated carbocycles. The summed E-state index contributed by atoms with van der Waals surface area (Å²) in [5, 5.41) is 11.6. The van der Waals surface area contributed by atoms with Crippen molar-refractivity contribution in [3.05, 3.63) is 65.2 Å². The second kappa shape index (κ2) is 4.65. The third-order valence-corrected chi connectivity index (χ3v) is 3.48. The largest absolute Gasteiger partial charge is 0.409 e. The Morgan fingerprint density at radius 2 is 1.58 bits per heavy atom. The number of hydrogen-bond donors (Lipinski definition) is 2. The van der Waals surface area contributed by atoms with Crippen molar-refractivity contribution >= 4 is 11.5 Å². The summed E-state index contributed by atoms with van der Waals surface area (Å²) in [7, 11) is 0. The summed E-state index contributed by atoms with van der Waals surface area (Å²) in [6.45, 7) is 1.86. The van der Waals surface area contributed by atoms with E-state index in [9.17, 15) is 0 Å². The van der Waals surface area contributed by atoms with E-state index in [0.717, 1.165) is 24.3 Å². The second-order valence-electron chi connectivity index (χ2n) is 4.66. The second-order valence-corrected chi connectivity index (χ2v) is 4.66. The van der Waals surface area contributed by atoms with Gasteiger partial charge in [0.25, 0.3) is 0 Å². The highest BCUT2D eigenvalue weighted by Crippen LogP contribution is 2.27. The van der Waals surface area contributed by atoms with Gasteiger partial charge in [0.1, 0.15) is 0 Å². The molecule has 0 fully saturated rings. The molecule has 3 N–H and O–H groups in total. The number of hydrogen-bond acceptors (Lipinski definition) is 3. The maximum absolute atomic E-state index is 8.64. The van der Waals surface area contributed by atoms with Crippen LogP contribution in [0.2, 0.25) is 0 Å². The van der Waals surface area contributed by atoms with Crippen molar-refractivity contribution in [2.75, 3.05) is 4.90 Å². The van der Waals surface area contributed by atoms with Gasteiger partial charge in [-0.25, -0.2) is 0 Å². The highest BCUT2D eigenvalue weighted by atomic mass is 16.4. The van der Waals surface area contributed by atoms with Crippen molar-refractivity contribution in [2.24, 2.45) is 10.9 Å². The summed E-state index contributed by atoms with van der Waals surface area (Å²) < 4.78 is 0. The fraction of sp³-hybridized carbons (Fsp3) is 0.133. The molecule has 19 heavy (non-hydrogen) atoms. The van der Waals surface area contributed by atoms with E-state index in [2.05, 4.69) is 34.3 Å². The van der Waals surface area contributed by atoms with Gasteiger partial charge in [-0.05, 0) is 35.4 Å². The fourth-order valence-electron chi connectivity index (χ4n) is 2.42. The summed E-state index contributed by atoms with van der Waals surface area (Å²) in [4.78, 5) is 2.31. The Morgan fingerprint density at radius 3 is 2.11 bits per heavy atom. The Labute approximate surface area is 111 Å². The monoisotopic (exact) mass is 253 g/mol. The van der Waals surface area contributed by atoms with E-state index in [-0.39, 0.29) is 5.84 Å². The summed E-state index contributed by atoms with van der Waals surface area (Å²) >= 11 is 0. The van der Waals surface area contributed by atoms with Gasteiger partial charge in [0.05, 0.1) is 0 Å². The van der Waals surface area contributed by atoms with Crippen LogP contribution >= 0.6 is 0 Å². The van der Waals surface area contributed by atoms with Crippen LogP contribution in [-0.4, -0.2) is 11.0 Å². The molecule has 0 aromatic heterocycles. The minimum absolute atomic E-state index is 0.135. The van der Waals surface area contributed by atoms with Crippen LogP contribution in [0, 0.1) is 0 Å². The van der Waals surface area contributed by atoms with E-state index in [0.29, 0.717) is 0 Å². The number of oxime groups is 1. The summed E-state index contributed by atoms with van der Waals surface area (Å²) in [5.41, 5.74) is 10.2. The van der Waals surface area contributed by atoms with E-state index >= 15 is 0 Å². The normalized spacial score (nSPS) is 14.5. The Kier molecular flexibility index (Phi) is 2.83. The summed E-state index contributed by atoms with van der Waals surface area (Å²) in [6.07, 6.45) is 0. The van der Waals surface area contributed by atoms with Crippen LogP contribution < -0.4 is 10.6 Å². The van der Waals surface area contributed by atoms with E-state index in [4.69, 9.17) is 10.9 Å². The molecular formula is C15H15N3O. The van der Waals surface area contributed by atoms with Crippen LogP contribution in [0.3, 0.4) is 0 Å². The molecule has 0 spiro atoms. The third-order valence-electron chi connectivity index (χ3n) is 3.48. The summed E-state index contributed by atoms with van der Waals surface area (Å²) in [6, 6.07) is 16.2. The maximum Gasteiger partial charge on any atom is 0.170 e. The molecule has 0 atom stereocenters. The number of fused-ring (bicyclic) bond motifs is 1. The van der Waals surface area contributed by atoms with Gasteiger partial charge < -0.3 is 15.8 Å². The molecule has 0 unspecified atom stereocenters. The van der Waals surface area contributed by atoms with Crippen molar-refractivity contribution in [3.8, 4) is 0 Å². The number of nitrogens with two attached hydrogens (primary N) is 1.